The van der Waals surface area contributed by atoms with Crippen molar-refractivity contribution in [3.63, 3.8) is 0 Å². The number of thiazole rings is 1. The first kappa shape index (κ1) is 17.7. The van der Waals surface area contributed by atoms with Gasteiger partial charge in [-0.15, -0.1) is 0 Å². The van der Waals surface area contributed by atoms with Crippen LogP contribution in [0, 0.1) is 11.7 Å². The number of fused-ring (bicyclic) bond motifs is 1. The molecule has 0 aliphatic carbocycles. The summed E-state index contributed by atoms with van der Waals surface area (Å²) in [6, 6.07) is 14.0. The lowest BCUT2D eigenvalue weighted by molar-refractivity contribution is 0.248. The van der Waals surface area contributed by atoms with Gasteiger partial charge in [0.25, 0.3) is 0 Å². The second-order valence-corrected chi connectivity index (χ2v) is 7.72. The number of para-hydroxylation sites is 2. The van der Waals surface area contributed by atoms with E-state index in [-0.39, 0.29) is 11.7 Å². The highest BCUT2D eigenvalue weighted by atomic mass is 32.1. The number of nitrogens with zero attached hydrogens (tertiary/aromatic N) is 2. The molecule has 27 heavy (non-hydrogen) atoms. The number of hydrogen-bond acceptors (Lipinski definition) is 4. The van der Waals surface area contributed by atoms with Gasteiger partial charge < -0.3 is 15.5 Å². The molecule has 0 atom stereocenters. The number of halogens is 1. The molecule has 2 N–H and O–H groups in total. The fourth-order valence-electron chi connectivity index (χ4n) is 3.29. The molecule has 3 aromatic rings. The molecule has 1 aliphatic heterocycles. The number of piperidine rings is 1. The Morgan fingerprint density at radius 2 is 1.89 bits per heavy atom. The van der Waals surface area contributed by atoms with Crippen molar-refractivity contribution in [2.24, 2.45) is 5.92 Å². The second-order valence-electron chi connectivity index (χ2n) is 6.71. The van der Waals surface area contributed by atoms with Gasteiger partial charge in [-0.3, -0.25) is 0 Å². The molecule has 0 radical (unpaired) electrons. The van der Waals surface area contributed by atoms with E-state index in [1.807, 2.05) is 18.2 Å². The minimum absolute atomic E-state index is 0.195. The highest BCUT2D eigenvalue weighted by molar-refractivity contribution is 7.22. The molecule has 2 aromatic carbocycles. The van der Waals surface area contributed by atoms with Crippen LogP contribution in [0.3, 0.4) is 0 Å². The first-order chi connectivity index (χ1) is 13.2. The van der Waals surface area contributed by atoms with Gasteiger partial charge in [-0.1, -0.05) is 35.6 Å². The Kier molecular flexibility index (Phi) is 5.20. The van der Waals surface area contributed by atoms with Crippen LogP contribution < -0.4 is 15.5 Å². The van der Waals surface area contributed by atoms with Crippen LogP contribution in [0.1, 0.15) is 12.8 Å². The van der Waals surface area contributed by atoms with E-state index in [2.05, 4.69) is 21.6 Å². The number of amides is 2. The van der Waals surface area contributed by atoms with Crippen molar-refractivity contribution < 1.29 is 9.18 Å². The van der Waals surface area contributed by atoms with Gasteiger partial charge in [0.05, 0.1) is 15.9 Å². The molecular weight excluding hydrogens is 363 g/mol. The summed E-state index contributed by atoms with van der Waals surface area (Å²) >= 11 is 1.73. The van der Waals surface area contributed by atoms with Crippen molar-refractivity contribution >= 4 is 38.4 Å². The first-order valence-corrected chi connectivity index (χ1v) is 9.90. The predicted molar refractivity (Wildman–Crippen MR) is 108 cm³/mol. The standard InChI is InChI=1S/C20H21FN4OS/c21-15-5-1-2-6-16(15)23-19(26)22-13-14-9-11-25(12-10-14)20-24-17-7-3-4-8-18(17)27-20/h1-8,14H,9-13H2,(H2,22,23,26). The van der Waals surface area contributed by atoms with Crippen LogP contribution in [0.5, 0.6) is 0 Å². The molecule has 4 rings (SSSR count). The summed E-state index contributed by atoms with van der Waals surface area (Å²) in [5.74, 6) is -0.0150. The molecule has 7 heteroatoms. The van der Waals surface area contributed by atoms with Crippen molar-refractivity contribution in [1.29, 1.82) is 0 Å². The minimum Gasteiger partial charge on any atom is -0.348 e. The molecule has 0 saturated carbocycles. The van der Waals surface area contributed by atoms with Crippen LogP contribution in [0.25, 0.3) is 10.2 Å². The van der Waals surface area contributed by atoms with Crippen LogP contribution in [-0.2, 0) is 0 Å². The maximum absolute atomic E-state index is 13.6. The average molecular weight is 384 g/mol. The molecule has 2 amide bonds. The Labute approximate surface area is 161 Å². The first-order valence-electron chi connectivity index (χ1n) is 9.09. The third kappa shape index (κ3) is 4.19. The zero-order valence-electron chi connectivity index (χ0n) is 14.8. The lowest BCUT2D eigenvalue weighted by Gasteiger charge is -2.31. The monoisotopic (exact) mass is 384 g/mol. The number of hydrogen-bond donors (Lipinski definition) is 2. The zero-order valence-corrected chi connectivity index (χ0v) is 15.6. The predicted octanol–water partition coefficient (Wildman–Crippen LogP) is 4.47. The lowest BCUT2D eigenvalue weighted by atomic mass is 9.97. The topological polar surface area (TPSA) is 57.3 Å². The van der Waals surface area contributed by atoms with Gasteiger partial charge in [0.15, 0.2) is 5.13 Å². The number of rotatable bonds is 4. The van der Waals surface area contributed by atoms with Gasteiger partial charge in [0.2, 0.25) is 0 Å². The van der Waals surface area contributed by atoms with Gasteiger partial charge in [-0.25, -0.2) is 14.2 Å². The number of benzene rings is 2. The third-order valence-electron chi connectivity index (χ3n) is 4.84. The van der Waals surface area contributed by atoms with E-state index in [9.17, 15) is 9.18 Å². The summed E-state index contributed by atoms with van der Waals surface area (Å²) in [5.41, 5.74) is 1.24. The fourth-order valence-corrected chi connectivity index (χ4v) is 4.31. The van der Waals surface area contributed by atoms with E-state index in [0.717, 1.165) is 36.6 Å². The van der Waals surface area contributed by atoms with Crippen molar-refractivity contribution in [3.05, 3.63) is 54.3 Å². The van der Waals surface area contributed by atoms with Crippen molar-refractivity contribution in [1.82, 2.24) is 10.3 Å². The van der Waals surface area contributed by atoms with Crippen LogP contribution in [-0.4, -0.2) is 30.6 Å². The molecule has 2 heterocycles. The normalized spacial score (nSPS) is 15.1. The maximum Gasteiger partial charge on any atom is 0.319 e. The number of aromatic nitrogens is 1. The Morgan fingerprint density at radius 1 is 1.15 bits per heavy atom. The zero-order chi connectivity index (χ0) is 18.6. The van der Waals surface area contributed by atoms with Crippen molar-refractivity contribution in [2.75, 3.05) is 29.9 Å². The minimum atomic E-state index is -0.434. The number of carbonyl (C=O) groups is 1. The van der Waals surface area contributed by atoms with E-state index >= 15 is 0 Å². The summed E-state index contributed by atoms with van der Waals surface area (Å²) in [6.45, 7) is 2.45. The van der Waals surface area contributed by atoms with E-state index in [4.69, 9.17) is 4.98 Å². The van der Waals surface area contributed by atoms with Gasteiger partial charge in [-0.2, -0.15) is 0 Å². The Hall–Kier alpha value is -2.67. The molecule has 1 fully saturated rings. The number of urea groups is 1. The summed E-state index contributed by atoms with van der Waals surface area (Å²) in [5, 5.41) is 6.48. The lowest BCUT2D eigenvalue weighted by Crippen LogP contribution is -2.39. The largest absolute Gasteiger partial charge is 0.348 e. The average Bonchev–Trinajstić information content (AvgIpc) is 3.13. The third-order valence-corrected chi connectivity index (χ3v) is 5.94. The number of carbonyl (C=O) groups excluding carboxylic acids is 1. The van der Waals surface area contributed by atoms with Crippen LogP contribution in [0.4, 0.5) is 20.0 Å². The molecule has 0 unspecified atom stereocenters. The molecule has 0 bridgehead atoms. The summed E-state index contributed by atoms with van der Waals surface area (Å²) < 4.78 is 14.8. The van der Waals surface area contributed by atoms with Gasteiger partial charge in [0.1, 0.15) is 5.82 Å². The van der Waals surface area contributed by atoms with Gasteiger partial charge >= 0.3 is 6.03 Å². The van der Waals surface area contributed by atoms with Crippen molar-refractivity contribution in [3.8, 4) is 0 Å². The fraction of sp³-hybridized carbons (Fsp3) is 0.300. The molecule has 1 aromatic heterocycles. The van der Waals surface area contributed by atoms with Crippen molar-refractivity contribution in [2.45, 2.75) is 12.8 Å². The van der Waals surface area contributed by atoms with Crippen LogP contribution in [0.15, 0.2) is 48.5 Å². The Morgan fingerprint density at radius 3 is 2.67 bits per heavy atom. The molecular formula is C20H21FN4OS. The summed E-state index contributed by atoms with van der Waals surface area (Å²) in [7, 11) is 0. The molecule has 1 aliphatic rings. The molecule has 5 nitrogen and oxygen atoms in total. The molecule has 0 spiro atoms. The molecule has 1 saturated heterocycles. The van der Waals surface area contributed by atoms with Crippen LogP contribution >= 0.6 is 11.3 Å². The SMILES string of the molecule is O=C(NCC1CCN(c2nc3ccccc3s2)CC1)Nc1ccccc1F. The van der Waals surface area contributed by atoms with E-state index in [1.54, 1.807) is 29.5 Å². The van der Waals surface area contributed by atoms with Crippen LogP contribution in [0.2, 0.25) is 0 Å². The Balaban J connectivity index is 1.26. The highest BCUT2D eigenvalue weighted by Crippen LogP contribution is 2.31. The smallest absolute Gasteiger partial charge is 0.319 e. The summed E-state index contributed by atoms with van der Waals surface area (Å²) in [6.07, 6.45) is 1.99. The quantitative estimate of drug-likeness (QED) is 0.698. The second kappa shape index (κ2) is 7.92. The summed E-state index contributed by atoms with van der Waals surface area (Å²) in [4.78, 5) is 19.0. The van der Waals surface area contributed by atoms with E-state index in [0.29, 0.717) is 12.5 Å². The molecule has 140 valence electrons. The number of nitrogens with one attached hydrogen (secondary N) is 2. The van der Waals surface area contributed by atoms with Gasteiger partial charge in [-0.05, 0) is 43.0 Å². The van der Waals surface area contributed by atoms with Gasteiger partial charge in [0, 0.05) is 19.6 Å². The van der Waals surface area contributed by atoms with E-state index < -0.39 is 5.82 Å². The Bertz CT molecular complexity index is 903. The number of anilines is 2. The highest BCUT2D eigenvalue weighted by Gasteiger charge is 2.22. The van der Waals surface area contributed by atoms with E-state index in [1.165, 1.54) is 10.8 Å². The maximum atomic E-state index is 13.6.